The molecule has 0 aliphatic carbocycles. The second kappa shape index (κ2) is 8.65. The van der Waals surface area contributed by atoms with Crippen LogP contribution in [0.15, 0.2) is 59.5 Å². The molecule has 2 N–H and O–H groups in total. The SMILES string of the molecule is CC(NC(=O)c1cccc(S(=O)(=O)NCc2ccccc2)c1)C1CCCO1. The van der Waals surface area contributed by atoms with Gasteiger partial charge in [-0.15, -0.1) is 0 Å². The molecule has 6 nitrogen and oxygen atoms in total. The molecular weight excluding hydrogens is 364 g/mol. The van der Waals surface area contributed by atoms with Gasteiger partial charge in [0.25, 0.3) is 5.91 Å². The molecule has 0 aromatic heterocycles. The molecule has 1 heterocycles. The van der Waals surface area contributed by atoms with Gasteiger partial charge in [0.15, 0.2) is 0 Å². The van der Waals surface area contributed by atoms with E-state index in [9.17, 15) is 13.2 Å². The molecule has 3 rings (SSSR count). The highest BCUT2D eigenvalue weighted by molar-refractivity contribution is 7.89. The van der Waals surface area contributed by atoms with Gasteiger partial charge in [-0.2, -0.15) is 0 Å². The maximum absolute atomic E-state index is 12.5. The van der Waals surface area contributed by atoms with E-state index in [1.807, 2.05) is 37.3 Å². The number of amides is 1. The van der Waals surface area contributed by atoms with Crippen molar-refractivity contribution >= 4 is 15.9 Å². The van der Waals surface area contributed by atoms with Crippen LogP contribution in [-0.4, -0.2) is 33.1 Å². The van der Waals surface area contributed by atoms with Gasteiger partial charge < -0.3 is 10.1 Å². The van der Waals surface area contributed by atoms with Crippen molar-refractivity contribution in [2.75, 3.05) is 6.61 Å². The standard InChI is InChI=1S/C20H24N2O4S/c1-15(19-11-6-12-26-19)22-20(23)17-9-5-10-18(13-17)27(24,25)21-14-16-7-3-2-4-8-16/h2-5,7-10,13,15,19,21H,6,11-12,14H2,1H3,(H,22,23). The average molecular weight is 388 g/mol. The van der Waals surface area contributed by atoms with Gasteiger partial charge in [0, 0.05) is 18.7 Å². The number of hydrogen-bond donors (Lipinski definition) is 2. The average Bonchev–Trinajstić information content (AvgIpc) is 3.22. The largest absolute Gasteiger partial charge is 0.376 e. The van der Waals surface area contributed by atoms with Crippen LogP contribution in [0.3, 0.4) is 0 Å². The number of hydrogen-bond acceptors (Lipinski definition) is 4. The van der Waals surface area contributed by atoms with Crippen molar-refractivity contribution < 1.29 is 17.9 Å². The molecule has 0 saturated carbocycles. The van der Waals surface area contributed by atoms with E-state index < -0.39 is 10.0 Å². The van der Waals surface area contributed by atoms with Crippen LogP contribution in [0.5, 0.6) is 0 Å². The van der Waals surface area contributed by atoms with Crippen LogP contribution in [0.4, 0.5) is 0 Å². The molecule has 0 bridgehead atoms. The van der Waals surface area contributed by atoms with Crippen molar-refractivity contribution in [1.82, 2.24) is 10.0 Å². The fraction of sp³-hybridized carbons (Fsp3) is 0.350. The number of carbonyl (C=O) groups excluding carboxylic acids is 1. The fourth-order valence-corrected chi connectivity index (χ4v) is 4.11. The molecular formula is C20H24N2O4S. The molecule has 1 saturated heterocycles. The van der Waals surface area contributed by atoms with Gasteiger partial charge in [0.05, 0.1) is 17.0 Å². The third kappa shape index (κ3) is 5.15. The van der Waals surface area contributed by atoms with Gasteiger partial charge >= 0.3 is 0 Å². The minimum absolute atomic E-state index is 0.00778. The fourth-order valence-electron chi connectivity index (χ4n) is 3.04. The van der Waals surface area contributed by atoms with Gasteiger partial charge in [0.1, 0.15) is 0 Å². The predicted molar refractivity (Wildman–Crippen MR) is 103 cm³/mol. The van der Waals surface area contributed by atoms with E-state index >= 15 is 0 Å². The molecule has 0 spiro atoms. The molecule has 1 amide bonds. The summed E-state index contributed by atoms with van der Waals surface area (Å²) >= 11 is 0. The third-order valence-electron chi connectivity index (χ3n) is 4.60. The van der Waals surface area contributed by atoms with E-state index in [1.165, 1.54) is 12.1 Å². The number of sulfonamides is 1. The zero-order valence-electron chi connectivity index (χ0n) is 15.2. The molecule has 2 atom stereocenters. The van der Waals surface area contributed by atoms with Crippen LogP contribution in [-0.2, 0) is 21.3 Å². The van der Waals surface area contributed by atoms with E-state index in [1.54, 1.807) is 12.1 Å². The maximum Gasteiger partial charge on any atom is 0.251 e. The van der Waals surface area contributed by atoms with Gasteiger partial charge in [-0.1, -0.05) is 36.4 Å². The summed E-state index contributed by atoms with van der Waals surface area (Å²) in [7, 11) is -3.71. The molecule has 1 aliphatic heterocycles. The Morgan fingerprint density at radius 1 is 1.19 bits per heavy atom. The Kier molecular flexibility index (Phi) is 6.26. The first kappa shape index (κ1) is 19.5. The highest BCUT2D eigenvalue weighted by atomic mass is 32.2. The Labute approximate surface area is 160 Å². The Morgan fingerprint density at radius 2 is 1.96 bits per heavy atom. The van der Waals surface area contributed by atoms with Gasteiger partial charge in [-0.25, -0.2) is 13.1 Å². The topological polar surface area (TPSA) is 84.5 Å². The van der Waals surface area contributed by atoms with Gasteiger partial charge in [-0.05, 0) is 43.5 Å². The summed E-state index contributed by atoms with van der Waals surface area (Å²) < 4.78 is 33.2. The second-order valence-electron chi connectivity index (χ2n) is 6.65. The molecule has 2 aromatic carbocycles. The van der Waals surface area contributed by atoms with Crippen molar-refractivity contribution in [2.24, 2.45) is 0 Å². The first-order valence-corrected chi connectivity index (χ1v) is 10.5. The maximum atomic E-state index is 12.5. The zero-order chi connectivity index (χ0) is 19.3. The van der Waals surface area contributed by atoms with Crippen molar-refractivity contribution in [2.45, 2.75) is 43.4 Å². The van der Waals surface area contributed by atoms with Crippen LogP contribution >= 0.6 is 0 Å². The van der Waals surface area contributed by atoms with Gasteiger partial charge in [-0.3, -0.25) is 4.79 Å². The summed E-state index contributed by atoms with van der Waals surface area (Å²) in [5, 5.41) is 2.90. The van der Waals surface area contributed by atoms with Crippen molar-refractivity contribution in [3.63, 3.8) is 0 Å². The number of ether oxygens (including phenoxy) is 1. The molecule has 1 aliphatic rings. The molecule has 0 radical (unpaired) electrons. The monoisotopic (exact) mass is 388 g/mol. The first-order valence-electron chi connectivity index (χ1n) is 9.02. The molecule has 144 valence electrons. The summed E-state index contributed by atoms with van der Waals surface area (Å²) in [5.41, 5.74) is 1.17. The predicted octanol–water partition coefficient (Wildman–Crippen LogP) is 2.46. The smallest absolute Gasteiger partial charge is 0.251 e. The van der Waals surface area contributed by atoms with Crippen LogP contribution in [0.25, 0.3) is 0 Å². The molecule has 2 aromatic rings. The normalized spacial score (nSPS) is 18.2. The third-order valence-corrected chi connectivity index (χ3v) is 6.00. The van der Waals surface area contributed by atoms with Crippen LogP contribution in [0.2, 0.25) is 0 Å². The zero-order valence-corrected chi connectivity index (χ0v) is 16.0. The molecule has 7 heteroatoms. The van der Waals surface area contributed by atoms with E-state index in [2.05, 4.69) is 10.0 Å². The Bertz CT molecular complexity index is 878. The van der Waals surface area contributed by atoms with Crippen molar-refractivity contribution in [3.05, 3.63) is 65.7 Å². The Hall–Kier alpha value is -2.22. The molecule has 1 fully saturated rings. The molecule has 2 unspecified atom stereocenters. The number of nitrogens with one attached hydrogen (secondary N) is 2. The van der Waals surface area contributed by atoms with Crippen LogP contribution in [0.1, 0.15) is 35.7 Å². The Balaban J connectivity index is 1.67. The van der Waals surface area contributed by atoms with Crippen molar-refractivity contribution in [1.29, 1.82) is 0 Å². The van der Waals surface area contributed by atoms with E-state index in [0.717, 1.165) is 18.4 Å². The van der Waals surface area contributed by atoms with E-state index in [0.29, 0.717) is 12.2 Å². The van der Waals surface area contributed by atoms with Crippen LogP contribution in [0, 0.1) is 0 Å². The summed E-state index contributed by atoms with van der Waals surface area (Å²) in [4.78, 5) is 12.6. The second-order valence-corrected chi connectivity index (χ2v) is 8.42. The lowest BCUT2D eigenvalue weighted by Gasteiger charge is -2.20. The number of carbonyl (C=O) groups is 1. The molecule has 27 heavy (non-hydrogen) atoms. The van der Waals surface area contributed by atoms with Crippen molar-refractivity contribution in [3.8, 4) is 0 Å². The van der Waals surface area contributed by atoms with Gasteiger partial charge in [0.2, 0.25) is 10.0 Å². The quantitative estimate of drug-likeness (QED) is 0.763. The number of rotatable bonds is 7. The first-order chi connectivity index (χ1) is 13.0. The summed E-state index contributed by atoms with van der Waals surface area (Å²) in [6.07, 6.45) is 1.92. The van der Waals surface area contributed by atoms with E-state index in [4.69, 9.17) is 4.74 Å². The van der Waals surface area contributed by atoms with E-state index in [-0.39, 0.29) is 29.5 Å². The lowest BCUT2D eigenvalue weighted by molar-refractivity contribution is 0.0712. The summed E-state index contributed by atoms with van der Waals surface area (Å²) in [6.45, 7) is 2.80. The minimum atomic E-state index is -3.71. The lowest BCUT2D eigenvalue weighted by atomic mass is 10.1. The van der Waals surface area contributed by atoms with Crippen LogP contribution < -0.4 is 10.0 Å². The Morgan fingerprint density at radius 3 is 2.67 bits per heavy atom. The number of benzene rings is 2. The highest BCUT2D eigenvalue weighted by Crippen LogP contribution is 2.17. The summed E-state index contributed by atoms with van der Waals surface area (Å²) in [5.74, 6) is -0.307. The summed E-state index contributed by atoms with van der Waals surface area (Å²) in [6, 6.07) is 15.2. The highest BCUT2D eigenvalue weighted by Gasteiger charge is 2.24. The minimum Gasteiger partial charge on any atom is -0.376 e. The lowest BCUT2D eigenvalue weighted by Crippen LogP contribution is -2.40.